The van der Waals surface area contributed by atoms with Crippen LogP contribution in [0.25, 0.3) is 0 Å². The Hall–Kier alpha value is -3.53. The van der Waals surface area contributed by atoms with Crippen molar-refractivity contribution in [1.29, 1.82) is 5.26 Å². The van der Waals surface area contributed by atoms with E-state index in [-0.39, 0.29) is 5.91 Å². The fourth-order valence-corrected chi connectivity index (χ4v) is 5.21. The second kappa shape index (κ2) is 11.7. The number of carbonyl (C=O) groups is 1. The maximum Gasteiger partial charge on any atom is 0.251 e. The fraction of sp³-hybridized carbons (Fsp3) is 0.333. The van der Waals surface area contributed by atoms with Crippen molar-refractivity contribution in [3.63, 3.8) is 0 Å². The van der Waals surface area contributed by atoms with Gasteiger partial charge in [-0.1, -0.05) is 48.0 Å². The fourth-order valence-electron chi connectivity index (χ4n) is 5.04. The molecule has 4 rings (SSSR count). The molecule has 0 bridgehead atoms. The summed E-state index contributed by atoms with van der Waals surface area (Å²) in [6, 6.07) is 21.9. The third-order valence-electron chi connectivity index (χ3n) is 7.26. The minimum Gasteiger partial charge on any atom is -0.493 e. The molecule has 0 saturated carbocycles. The van der Waals surface area contributed by atoms with Crippen molar-refractivity contribution in [1.82, 2.24) is 10.2 Å². The van der Waals surface area contributed by atoms with Crippen molar-refractivity contribution in [2.45, 2.75) is 38.3 Å². The number of likely N-dealkylation sites (tertiary alicyclic amines) is 1. The summed E-state index contributed by atoms with van der Waals surface area (Å²) >= 11 is 6.20. The van der Waals surface area contributed by atoms with Crippen LogP contribution in [0.5, 0.6) is 11.5 Å². The molecule has 3 aromatic rings. The molecule has 3 aromatic carbocycles. The molecule has 1 N–H and O–H groups in total. The number of halogens is 1. The summed E-state index contributed by atoms with van der Waals surface area (Å²) in [5.74, 6) is 1.25. The van der Waals surface area contributed by atoms with Crippen LogP contribution in [0.4, 0.5) is 0 Å². The van der Waals surface area contributed by atoms with Crippen molar-refractivity contribution in [3.05, 3.63) is 93.5 Å². The molecular weight excluding hydrogens is 486 g/mol. The van der Waals surface area contributed by atoms with Crippen LogP contribution >= 0.6 is 11.6 Å². The normalized spacial score (nSPS) is 15.0. The molecule has 1 aliphatic heterocycles. The lowest BCUT2D eigenvalue weighted by molar-refractivity contribution is 0.0950. The van der Waals surface area contributed by atoms with Crippen LogP contribution in [-0.2, 0) is 18.5 Å². The van der Waals surface area contributed by atoms with Crippen molar-refractivity contribution in [2.75, 3.05) is 27.3 Å². The van der Waals surface area contributed by atoms with Gasteiger partial charge in [0.05, 0.1) is 25.7 Å². The van der Waals surface area contributed by atoms with Gasteiger partial charge in [-0.2, -0.15) is 5.26 Å². The number of methoxy groups -OCH3 is 2. The summed E-state index contributed by atoms with van der Waals surface area (Å²) in [7, 11) is 3.27. The highest BCUT2D eigenvalue weighted by molar-refractivity contribution is 6.31. The van der Waals surface area contributed by atoms with Crippen molar-refractivity contribution >= 4 is 17.5 Å². The number of amides is 1. The zero-order chi connectivity index (χ0) is 26.4. The minimum absolute atomic E-state index is 0.175. The lowest BCUT2D eigenvalue weighted by Crippen LogP contribution is -2.42. The first-order valence-electron chi connectivity index (χ1n) is 12.4. The number of nitrogens with one attached hydrogen (secondary N) is 1. The average molecular weight is 518 g/mol. The number of benzene rings is 3. The van der Waals surface area contributed by atoms with Gasteiger partial charge >= 0.3 is 0 Å². The van der Waals surface area contributed by atoms with Crippen molar-refractivity contribution < 1.29 is 14.3 Å². The van der Waals surface area contributed by atoms with Gasteiger partial charge in [0.25, 0.3) is 5.91 Å². The maximum absolute atomic E-state index is 12.9. The number of carbonyl (C=O) groups excluding carboxylic acids is 1. The summed E-state index contributed by atoms with van der Waals surface area (Å²) in [6.45, 7) is 4.55. The van der Waals surface area contributed by atoms with Crippen LogP contribution in [0.15, 0.2) is 60.7 Å². The van der Waals surface area contributed by atoms with Crippen LogP contribution in [-0.4, -0.2) is 38.1 Å². The van der Waals surface area contributed by atoms with Crippen LogP contribution in [0.3, 0.4) is 0 Å². The van der Waals surface area contributed by atoms with E-state index < -0.39 is 5.41 Å². The Morgan fingerprint density at radius 1 is 1.05 bits per heavy atom. The Bertz CT molecular complexity index is 1310. The van der Waals surface area contributed by atoms with E-state index in [4.69, 9.17) is 21.1 Å². The maximum atomic E-state index is 12.9. The van der Waals surface area contributed by atoms with Crippen LogP contribution in [0.2, 0.25) is 5.02 Å². The van der Waals surface area contributed by atoms with E-state index in [9.17, 15) is 10.1 Å². The molecule has 192 valence electrons. The Kier molecular flexibility index (Phi) is 8.38. The van der Waals surface area contributed by atoms with Gasteiger partial charge in [0.1, 0.15) is 0 Å². The first-order chi connectivity index (χ1) is 17.9. The molecule has 0 aliphatic carbocycles. The molecule has 7 heteroatoms. The molecule has 0 spiro atoms. The third kappa shape index (κ3) is 5.74. The van der Waals surface area contributed by atoms with Crippen molar-refractivity contribution in [3.8, 4) is 17.6 Å². The van der Waals surface area contributed by atoms with E-state index >= 15 is 0 Å². The highest BCUT2D eigenvalue weighted by Gasteiger charge is 2.38. The van der Waals surface area contributed by atoms with Gasteiger partial charge in [0, 0.05) is 36.8 Å². The predicted octanol–water partition coefficient (Wildman–Crippen LogP) is 5.65. The van der Waals surface area contributed by atoms with E-state index in [2.05, 4.69) is 16.3 Å². The summed E-state index contributed by atoms with van der Waals surface area (Å²) in [6.07, 6.45) is 1.43. The molecule has 37 heavy (non-hydrogen) atoms. The summed E-state index contributed by atoms with van der Waals surface area (Å²) in [5.41, 5.74) is 3.81. The molecule has 1 aliphatic rings. The standard InChI is InChI=1S/C30H32ClN3O3/c1-21-24(8-6-10-26(21)31)29(35)33-18-23-7-4-5-9-25(23)30(20-32)13-15-34(16-14-30)19-22-11-12-27(36-2)28(17-22)37-3/h4-12,17H,13-16,18-19H2,1-3H3,(H,33,35). The monoisotopic (exact) mass is 517 g/mol. The molecule has 1 saturated heterocycles. The molecular formula is C30H32ClN3O3. The molecule has 6 nitrogen and oxygen atoms in total. The van der Waals surface area contributed by atoms with Crippen LogP contribution < -0.4 is 14.8 Å². The van der Waals surface area contributed by atoms with Gasteiger partial charge in [0.15, 0.2) is 11.5 Å². The second-order valence-corrected chi connectivity index (χ2v) is 9.82. The van der Waals surface area contributed by atoms with E-state index in [0.29, 0.717) is 28.6 Å². The van der Waals surface area contributed by atoms with E-state index in [1.807, 2.05) is 49.4 Å². The Morgan fingerprint density at radius 3 is 2.49 bits per heavy atom. The molecule has 1 heterocycles. The molecule has 1 amide bonds. The molecule has 1 fully saturated rings. The molecule has 0 atom stereocenters. The number of piperidine rings is 1. The molecule has 0 aromatic heterocycles. The first-order valence-corrected chi connectivity index (χ1v) is 12.7. The first kappa shape index (κ1) is 26.5. The Balaban J connectivity index is 1.45. The quantitative estimate of drug-likeness (QED) is 0.417. The number of hydrogen-bond donors (Lipinski definition) is 1. The van der Waals surface area contributed by atoms with Gasteiger partial charge < -0.3 is 14.8 Å². The molecule has 0 unspecified atom stereocenters. The molecule has 0 radical (unpaired) electrons. The Labute approximate surface area is 223 Å². The zero-order valence-corrected chi connectivity index (χ0v) is 22.3. The predicted molar refractivity (Wildman–Crippen MR) is 145 cm³/mol. The topological polar surface area (TPSA) is 74.6 Å². The van der Waals surface area contributed by atoms with Gasteiger partial charge in [-0.25, -0.2) is 0 Å². The van der Waals surface area contributed by atoms with Gasteiger partial charge in [0.2, 0.25) is 0 Å². The van der Waals surface area contributed by atoms with E-state index in [1.54, 1.807) is 32.4 Å². The number of rotatable bonds is 8. The zero-order valence-electron chi connectivity index (χ0n) is 21.5. The van der Waals surface area contributed by atoms with Crippen LogP contribution in [0.1, 0.15) is 45.5 Å². The minimum atomic E-state index is -0.596. The number of nitrogens with zero attached hydrogens (tertiary/aromatic N) is 2. The summed E-state index contributed by atoms with van der Waals surface area (Å²) < 4.78 is 10.8. The van der Waals surface area contributed by atoms with Crippen LogP contribution in [0, 0.1) is 18.3 Å². The second-order valence-electron chi connectivity index (χ2n) is 9.41. The van der Waals surface area contributed by atoms with E-state index in [1.165, 1.54) is 0 Å². The summed E-state index contributed by atoms with van der Waals surface area (Å²) in [4.78, 5) is 15.2. The highest BCUT2D eigenvalue weighted by atomic mass is 35.5. The largest absolute Gasteiger partial charge is 0.493 e. The smallest absolute Gasteiger partial charge is 0.251 e. The number of nitriles is 1. The van der Waals surface area contributed by atoms with Crippen molar-refractivity contribution in [2.24, 2.45) is 0 Å². The average Bonchev–Trinajstić information content (AvgIpc) is 2.94. The Morgan fingerprint density at radius 2 is 1.78 bits per heavy atom. The summed E-state index contributed by atoms with van der Waals surface area (Å²) in [5, 5.41) is 13.9. The SMILES string of the molecule is COc1ccc(CN2CCC(C#N)(c3ccccc3CNC(=O)c3cccc(Cl)c3C)CC2)cc1OC. The highest BCUT2D eigenvalue weighted by Crippen LogP contribution is 2.38. The van der Waals surface area contributed by atoms with Gasteiger partial charge in [-0.15, -0.1) is 0 Å². The third-order valence-corrected chi connectivity index (χ3v) is 7.67. The number of ether oxygens (including phenoxy) is 2. The lowest BCUT2D eigenvalue weighted by Gasteiger charge is -2.38. The lowest BCUT2D eigenvalue weighted by atomic mass is 9.72. The van der Waals surface area contributed by atoms with Gasteiger partial charge in [-0.3, -0.25) is 9.69 Å². The van der Waals surface area contributed by atoms with E-state index in [0.717, 1.165) is 54.7 Å². The number of hydrogen-bond acceptors (Lipinski definition) is 5. The van der Waals surface area contributed by atoms with Gasteiger partial charge in [-0.05, 0) is 66.3 Å².